The van der Waals surface area contributed by atoms with Gasteiger partial charge in [-0.15, -0.1) is 0 Å². The largest absolute Gasteiger partial charge is 0.461 e. The van der Waals surface area contributed by atoms with E-state index in [-0.39, 0.29) is 25.2 Å². The van der Waals surface area contributed by atoms with Crippen LogP contribution in [0.5, 0.6) is 0 Å². The van der Waals surface area contributed by atoms with Crippen molar-refractivity contribution >= 4 is 11.9 Å². The van der Waals surface area contributed by atoms with Crippen molar-refractivity contribution in [3.05, 3.63) is 96.1 Å². The van der Waals surface area contributed by atoms with Gasteiger partial charge in [0.15, 0.2) is 0 Å². The standard InChI is InChI=1S/C25H24O4/c1-17-18(2)22-14-25(13-21(17)22,15-28-23(26)19-9-5-3-6-10-19)16-29-24(27)20-11-7-4-8-12-20/h3-12,21-22H,1-2,13-16H2/t21-,22+. The van der Waals surface area contributed by atoms with Gasteiger partial charge in [0.2, 0.25) is 0 Å². The van der Waals surface area contributed by atoms with Crippen molar-refractivity contribution in [1.82, 2.24) is 0 Å². The number of carbonyl (C=O) groups excluding carboxylic acids is 2. The Balaban J connectivity index is 1.46. The van der Waals surface area contributed by atoms with Gasteiger partial charge in [-0.2, -0.15) is 0 Å². The van der Waals surface area contributed by atoms with E-state index >= 15 is 0 Å². The van der Waals surface area contributed by atoms with Gasteiger partial charge >= 0.3 is 11.9 Å². The summed E-state index contributed by atoms with van der Waals surface area (Å²) in [5, 5.41) is 0. The molecule has 2 aliphatic rings. The zero-order chi connectivity index (χ0) is 20.4. The molecule has 4 nitrogen and oxygen atoms in total. The molecule has 0 heterocycles. The topological polar surface area (TPSA) is 52.6 Å². The van der Waals surface area contributed by atoms with Gasteiger partial charge in [-0.3, -0.25) is 0 Å². The molecule has 148 valence electrons. The van der Waals surface area contributed by atoms with Crippen LogP contribution in [0.15, 0.2) is 85.0 Å². The molecule has 0 radical (unpaired) electrons. The lowest BCUT2D eigenvalue weighted by Gasteiger charge is -2.36. The first kappa shape index (κ1) is 19.2. The van der Waals surface area contributed by atoms with Gasteiger partial charge in [-0.25, -0.2) is 9.59 Å². The summed E-state index contributed by atoms with van der Waals surface area (Å²) in [7, 11) is 0. The van der Waals surface area contributed by atoms with Gasteiger partial charge in [-0.05, 0) is 60.1 Å². The summed E-state index contributed by atoms with van der Waals surface area (Å²) in [5.41, 5.74) is 2.74. The highest BCUT2D eigenvalue weighted by atomic mass is 16.5. The van der Waals surface area contributed by atoms with Crippen molar-refractivity contribution < 1.29 is 19.1 Å². The maximum absolute atomic E-state index is 12.4. The molecule has 0 bridgehead atoms. The van der Waals surface area contributed by atoms with Crippen LogP contribution in [0.2, 0.25) is 0 Å². The van der Waals surface area contributed by atoms with Crippen LogP contribution in [0.1, 0.15) is 33.6 Å². The molecule has 2 aromatic rings. The summed E-state index contributed by atoms with van der Waals surface area (Å²) in [6.07, 6.45) is 1.55. The summed E-state index contributed by atoms with van der Waals surface area (Å²) in [6, 6.07) is 17.8. The number of ether oxygens (including phenoxy) is 2. The molecular weight excluding hydrogens is 364 g/mol. The third kappa shape index (κ3) is 3.75. The summed E-state index contributed by atoms with van der Waals surface area (Å²) in [5.74, 6) is -0.0748. The predicted molar refractivity (Wildman–Crippen MR) is 110 cm³/mol. The number of allylic oxidation sites excluding steroid dienone is 2. The van der Waals surface area contributed by atoms with Gasteiger partial charge < -0.3 is 9.47 Å². The van der Waals surface area contributed by atoms with E-state index in [4.69, 9.17) is 9.47 Å². The molecule has 0 aromatic heterocycles. The van der Waals surface area contributed by atoms with Crippen molar-refractivity contribution in [3.8, 4) is 0 Å². The summed E-state index contributed by atoms with van der Waals surface area (Å²) in [6.45, 7) is 8.65. The molecule has 4 rings (SSSR count). The Morgan fingerprint density at radius 1 is 0.759 bits per heavy atom. The van der Waals surface area contributed by atoms with E-state index in [0.717, 1.165) is 24.0 Å². The molecule has 2 saturated carbocycles. The summed E-state index contributed by atoms with van der Waals surface area (Å²) >= 11 is 0. The van der Waals surface area contributed by atoms with Crippen molar-refractivity contribution in [2.24, 2.45) is 17.3 Å². The van der Waals surface area contributed by atoms with E-state index in [1.54, 1.807) is 48.5 Å². The Morgan fingerprint density at radius 2 is 1.14 bits per heavy atom. The maximum Gasteiger partial charge on any atom is 0.338 e. The lowest BCUT2D eigenvalue weighted by molar-refractivity contribution is -0.00449. The van der Waals surface area contributed by atoms with Crippen LogP contribution in [0.3, 0.4) is 0 Å². The lowest BCUT2D eigenvalue weighted by Crippen LogP contribution is -2.32. The average Bonchev–Trinajstić information content (AvgIpc) is 3.13. The van der Waals surface area contributed by atoms with E-state index < -0.39 is 5.41 Å². The van der Waals surface area contributed by atoms with Crippen molar-refractivity contribution in [2.75, 3.05) is 13.2 Å². The Bertz CT molecular complexity index is 866. The first-order valence-corrected chi connectivity index (χ1v) is 9.81. The third-order valence-electron chi connectivity index (χ3n) is 6.14. The quantitative estimate of drug-likeness (QED) is 0.665. The molecule has 0 N–H and O–H groups in total. The molecule has 0 spiro atoms. The molecule has 2 aliphatic carbocycles. The highest BCUT2D eigenvalue weighted by Crippen LogP contribution is 2.60. The Labute approximate surface area is 170 Å². The number of hydrogen-bond acceptors (Lipinski definition) is 4. The normalized spacial score (nSPS) is 21.8. The summed E-state index contributed by atoms with van der Waals surface area (Å²) in [4.78, 5) is 24.9. The Morgan fingerprint density at radius 3 is 1.52 bits per heavy atom. The third-order valence-corrected chi connectivity index (χ3v) is 6.14. The molecule has 4 heteroatoms. The highest BCUT2D eigenvalue weighted by molar-refractivity contribution is 5.89. The van der Waals surface area contributed by atoms with E-state index in [2.05, 4.69) is 13.2 Å². The molecule has 0 aliphatic heterocycles. The van der Waals surface area contributed by atoms with E-state index in [0.29, 0.717) is 23.0 Å². The molecule has 2 atom stereocenters. The van der Waals surface area contributed by atoms with Crippen molar-refractivity contribution in [2.45, 2.75) is 12.8 Å². The molecule has 29 heavy (non-hydrogen) atoms. The number of hydrogen-bond donors (Lipinski definition) is 0. The lowest BCUT2D eigenvalue weighted by atomic mass is 9.68. The monoisotopic (exact) mass is 388 g/mol. The van der Waals surface area contributed by atoms with Crippen LogP contribution in [0.25, 0.3) is 0 Å². The smallest absolute Gasteiger partial charge is 0.338 e. The molecular formula is C25H24O4. The Kier molecular flexibility index (Phi) is 5.10. The second kappa shape index (κ2) is 7.70. The van der Waals surface area contributed by atoms with Gasteiger partial charge in [0.1, 0.15) is 13.2 Å². The number of carbonyl (C=O) groups is 2. The van der Waals surface area contributed by atoms with Crippen LogP contribution in [0, 0.1) is 17.3 Å². The maximum atomic E-state index is 12.4. The second-order valence-electron chi connectivity index (χ2n) is 8.06. The fourth-order valence-electron chi connectivity index (χ4n) is 4.44. The zero-order valence-electron chi connectivity index (χ0n) is 16.3. The van der Waals surface area contributed by atoms with Gasteiger partial charge in [-0.1, -0.05) is 49.6 Å². The first-order chi connectivity index (χ1) is 14.0. The van der Waals surface area contributed by atoms with Crippen molar-refractivity contribution in [1.29, 1.82) is 0 Å². The van der Waals surface area contributed by atoms with Crippen molar-refractivity contribution in [3.63, 3.8) is 0 Å². The molecule has 0 saturated heterocycles. The number of fused-ring (bicyclic) bond motifs is 1. The zero-order valence-corrected chi connectivity index (χ0v) is 16.3. The molecule has 0 amide bonds. The van der Waals surface area contributed by atoms with Gasteiger partial charge in [0, 0.05) is 5.41 Å². The van der Waals surface area contributed by atoms with Crippen LogP contribution < -0.4 is 0 Å². The number of esters is 2. The minimum atomic E-state index is -0.424. The molecule has 0 unspecified atom stereocenters. The second-order valence-corrected chi connectivity index (χ2v) is 8.06. The van der Waals surface area contributed by atoms with E-state index in [1.165, 1.54) is 0 Å². The SMILES string of the molecule is C=C1C(=C)[C@@H]2CC(COC(=O)c3ccccc3)(COC(=O)c3ccccc3)C[C@H]12. The minimum Gasteiger partial charge on any atom is -0.461 e. The van der Waals surface area contributed by atoms with Crippen LogP contribution >= 0.6 is 0 Å². The molecule has 2 fully saturated rings. The first-order valence-electron chi connectivity index (χ1n) is 9.81. The van der Waals surface area contributed by atoms with Gasteiger partial charge in [0.25, 0.3) is 0 Å². The van der Waals surface area contributed by atoms with Crippen LogP contribution in [0.4, 0.5) is 0 Å². The highest BCUT2D eigenvalue weighted by Gasteiger charge is 2.54. The van der Waals surface area contributed by atoms with Gasteiger partial charge in [0.05, 0.1) is 11.1 Å². The van der Waals surface area contributed by atoms with Crippen LogP contribution in [-0.4, -0.2) is 25.2 Å². The number of rotatable bonds is 6. The Hall–Kier alpha value is -3.14. The van der Waals surface area contributed by atoms with Crippen LogP contribution in [-0.2, 0) is 9.47 Å². The molecule has 2 aromatic carbocycles. The average molecular weight is 388 g/mol. The predicted octanol–water partition coefficient (Wildman–Crippen LogP) is 4.84. The van der Waals surface area contributed by atoms with E-state index in [1.807, 2.05) is 12.1 Å². The fraction of sp³-hybridized carbons (Fsp3) is 0.280. The minimum absolute atomic E-state index is 0.205. The summed E-state index contributed by atoms with van der Waals surface area (Å²) < 4.78 is 11.3. The number of benzene rings is 2. The fourth-order valence-corrected chi connectivity index (χ4v) is 4.44. The van der Waals surface area contributed by atoms with E-state index in [9.17, 15) is 9.59 Å².